The van der Waals surface area contributed by atoms with Crippen molar-refractivity contribution in [3.05, 3.63) is 65.7 Å². The van der Waals surface area contributed by atoms with Gasteiger partial charge in [0.1, 0.15) is 11.6 Å². The van der Waals surface area contributed by atoms with E-state index in [0.29, 0.717) is 23.6 Å². The molecule has 0 fully saturated rings. The van der Waals surface area contributed by atoms with Crippen LogP contribution in [0.4, 0.5) is 5.82 Å². The number of ether oxygens (including phenoxy) is 2. The zero-order valence-corrected chi connectivity index (χ0v) is 15.8. The molecule has 0 aliphatic rings. The van der Waals surface area contributed by atoms with E-state index in [1.165, 1.54) is 12.7 Å². The van der Waals surface area contributed by atoms with E-state index in [1.807, 2.05) is 30.3 Å². The average Bonchev–Trinajstić information content (AvgIpc) is 2.74. The van der Waals surface area contributed by atoms with Crippen LogP contribution in [0.25, 0.3) is 11.3 Å². The molecule has 0 unspecified atom stereocenters. The van der Waals surface area contributed by atoms with Gasteiger partial charge in [-0.05, 0) is 36.2 Å². The standard InChI is InChI=1S/C21H22N4O3/c1-27-17-9-3-14(4-10-17)11-12-23-19-13-18(24-21(25-19)28-2)15-5-7-16(8-6-15)20(22)26/h3-10,13H,11-12H2,1-2H3,(H2,22,26)(H,23,24,25). The molecule has 0 atom stereocenters. The lowest BCUT2D eigenvalue weighted by atomic mass is 10.1. The second-order valence-corrected chi connectivity index (χ2v) is 6.09. The van der Waals surface area contributed by atoms with Gasteiger partial charge in [-0.15, -0.1) is 0 Å². The van der Waals surface area contributed by atoms with Gasteiger partial charge >= 0.3 is 6.01 Å². The van der Waals surface area contributed by atoms with Crippen LogP contribution in [0.3, 0.4) is 0 Å². The molecule has 144 valence electrons. The van der Waals surface area contributed by atoms with Crippen LogP contribution in [-0.2, 0) is 6.42 Å². The van der Waals surface area contributed by atoms with Crippen LogP contribution in [0.15, 0.2) is 54.6 Å². The first-order chi connectivity index (χ1) is 13.6. The number of amides is 1. The van der Waals surface area contributed by atoms with Crippen molar-refractivity contribution in [3.63, 3.8) is 0 Å². The Morgan fingerprint density at radius 2 is 1.71 bits per heavy atom. The Labute approximate surface area is 163 Å². The van der Waals surface area contributed by atoms with Crippen molar-refractivity contribution in [2.24, 2.45) is 5.73 Å². The number of rotatable bonds is 8. The van der Waals surface area contributed by atoms with Gasteiger partial charge in [0.15, 0.2) is 0 Å². The van der Waals surface area contributed by atoms with Crippen molar-refractivity contribution in [2.45, 2.75) is 6.42 Å². The van der Waals surface area contributed by atoms with E-state index < -0.39 is 5.91 Å². The van der Waals surface area contributed by atoms with Gasteiger partial charge in [-0.3, -0.25) is 4.79 Å². The molecule has 0 spiro atoms. The number of methoxy groups -OCH3 is 2. The second-order valence-electron chi connectivity index (χ2n) is 6.09. The molecule has 0 saturated carbocycles. The number of aromatic nitrogens is 2. The molecule has 3 N–H and O–H groups in total. The Kier molecular flexibility index (Phi) is 6.06. The number of primary amides is 1. The van der Waals surface area contributed by atoms with Crippen LogP contribution in [-0.4, -0.2) is 36.6 Å². The number of nitrogens with two attached hydrogens (primary N) is 1. The molecule has 7 nitrogen and oxygen atoms in total. The van der Waals surface area contributed by atoms with Gasteiger partial charge in [0.25, 0.3) is 0 Å². The number of carbonyl (C=O) groups excluding carboxylic acids is 1. The highest BCUT2D eigenvalue weighted by Gasteiger charge is 2.08. The van der Waals surface area contributed by atoms with Gasteiger partial charge in [0.2, 0.25) is 5.91 Å². The summed E-state index contributed by atoms with van der Waals surface area (Å²) in [4.78, 5) is 20.0. The third-order valence-corrected chi connectivity index (χ3v) is 4.23. The van der Waals surface area contributed by atoms with E-state index in [2.05, 4.69) is 15.3 Å². The van der Waals surface area contributed by atoms with Crippen LogP contribution in [0.1, 0.15) is 15.9 Å². The molecule has 0 bridgehead atoms. The maximum atomic E-state index is 11.2. The normalized spacial score (nSPS) is 10.4. The monoisotopic (exact) mass is 378 g/mol. The zero-order chi connectivity index (χ0) is 19.9. The summed E-state index contributed by atoms with van der Waals surface area (Å²) in [6.45, 7) is 0.701. The van der Waals surface area contributed by atoms with Gasteiger partial charge < -0.3 is 20.5 Å². The lowest BCUT2D eigenvalue weighted by Crippen LogP contribution is -2.10. The SMILES string of the molecule is COc1ccc(CCNc2cc(-c3ccc(C(N)=O)cc3)nc(OC)n2)cc1. The summed E-state index contributed by atoms with van der Waals surface area (Å²) in [5, 5.41) is 3.30. The first-order valence-corrected chi connectivity index (χ1v) is 8.79. The molecule has 28 heavy (non-hydrogen) atoms. The van der Waals surface area contributed by atoms with Gasteiger partial charge in [-0.2, -0.15) is 9.97 Å². The second kappa shape index (κ2) is 8.85. The molecule has 3 rings (SSSR count). The fraction of sp³-hybridized carbons (Fsp3) is 0.190. The minimum Gasteiger partial charge on any atom is -0.497 e. The molecule has 0 aliphatic heterocycles. The van der Waals surface area contributed by atoms with Crippen molar-refractivity contribution in [1.82, 2.24) is 9.97 Å². The zero-order valence-electron chi connectivity index (χ0n) is 15.8. The summed E-state index contributed by atoms with van der Waals surface area (Å²) >= 11 is 0. The molecular weight excluding hydrogens is 356 g/mol. The molecule has 2 aromatic carbocycles. The fourth-order valence-electron chi connectivity index (χ4n) is 2.69. The van der Waals surface area contributed by atoms with Gasteiger partial charge in [0.05, 0.1) is 19.9 Å². The highest BCUT2D eigenvalue weighted by atomic mass is 16.5. The summed E-state index contributed by atoms with van der Waals surface area (Å²) in [6.07, 6.45) is 0.832. The maximum absolute atomic E-state index is 11.2. The van der Waals surface area contributed by atoms with E-state index in [0.717, 1.165) is 17.7 Å². The Balaban J connectivity index is 1.72. The van der Waals surface area contributed by atoms with Crippen molar-refractivity contribution in [2.75, 3.05) is 26.1 Å². The van der Waals surface area contributed by atoms with Gasteiger partial charge in [0, 0.05) is 23.7 Å². The molecule has 1 amide bonds. The van der Waals surface area contributed by atoms with E-state index in [-0.39, 0.29) is 6.01 Å². The highest BCUT2D eigenvalue weighted by molar-refractivity contribution is 5.93. The summed E-state index contributed by atoms with van der Waals surface area (Å²) in [5.41, 5.74) is 8.45. The van der Waals surface area contributed by atoms with Crippen LogP contribution < -0.4 is 20.5 Å². The Morgan fingerprint density at radius 1 is 1.00 bits per heavy atom. The van der Waals surface area contributed by atoms with E-state index >= 15 is 0 Å². The van der Waals surface area contributed by atoms with Crippen molar-refractivity contribution in [3.8, 4) is 23.0 Å². The lowest BCUT2D eigenvalue weighted by Gasteiger charge is -2.10. The Bertz CT molecular complexity index is 941. The van der Waals surface area contributed by atoms with Crippen molar-refractivity contribution >= 4 is 11.7 Å². The topological polar surface area (TPSA) is 99.4 Å². The van der Waals surface area contributed by atoms with Crippen LogP contribution in [0.5, 0.6) is 11.8 Å². The summed E-state index contributed by atoms with van der Waals surface area (Å²) in [5.74, 6) is 1.03. The number of nitrogens with zero attached hydrogens (tertiary/aromatic N) is 2. The Morgan fingerprint density at radius 3 is 2.32 bits per heavy atom. The van der Waals surface area contributed by atoms with Crippen LogP contribution in [0, 0.1) is 0 Å². The quantitative estimate of drug-likeness (QED) is 0.625. The van der Waals surface area contributed by atoms with E-state index in [9.17, 15) is 4.79 Å². The molecule has 1 heterocycles. The van der Waals surface area contributed by atoms with Crippen LogP contribution in [0.2, 0.25) is 0 Å². The average molecular weight is 378 g/mol. The summed E-state index contributed by atoms with van der Waals surface area (Å²) in [6, 6.07) is 17.0. The third-order valence-electron chi connectivity index (χ3n) is 4.23. The third kappa shape index (κ3) is 4.76. The molecule has 7 heteroatoms. The largest absolute Gasteiger partial charge is 0.497 e. The van der Waals surface area contributed by atoms with Crippen molar-refractivity contribution < 1.29 is 14.3 Å². The fourth-order valence-corrected chi connectivity index (χ4v) is 2.69. The minimum absolute atomic E-state index is 0.267. The summed E-state index contributed by atoms with van der Waals surface area (Å²) in [7, 11) is 3.18. The van der Waals surface area contributed by atoms with Gasteiger partial charge in [-0.1, -0.05) is 24.3 Å². The highest BCUT2D eigenvalue weighted by Crippen LogP contribution is 2.23. The Hall–Kier alpha value is -3.61. The molecule has 0 aliphatic carbocycles. The molecule has 0 radical (unpaired) electrons. The smallest absolute Gasteiger partial charge is 0.318 e. The van der Waals surface area contributed by atoms with Crippen molar-refractivity contribution in [1.29, 1.82) is 0 Å². The number of anilines is 1. The molecule has 3 aromatic rings. The predicted molar refractivity (Wildman–Crippen MR) is 108 cm³/mol. The molecule has 1 aromatic heterocycles. The first-order valence-electron chi connectivity index (χ1n) is 8.79. The number of benzene rings is 2. The number of hydrogen-bond donors (Lipinski definition) is 2. The van der Waals surface area contributed by atoms with Crippen LogP contribution >= 0.6 is 0 Å². The summed E-state index contributed by atoms with van der Waals surface area (Å²) < 4.78 is 10.4. The predicted octanol–water partition coefficient (Wildman–Crippen LogP) is 2.91. The first kappa shape index (κ1) is 19.2. The maximum Gasteiger partial charge on any atom is 0.318 e. The van der Waals surface area contributed by atoms with Gasteiger partial charge in [-0.25, -0.2) is 0 Å². The lowest BCUT2D eigenvalue weighted by molar-refractivity contribution is 0.100. The van der Waals surface area contributed by atoms with E-state index in [4.69, 9.17) is 15.2 Å². The number of nitrogens with one attached hydrogen (secondary N) is 1. The van der Waals surface area contributed by atoms with E-state index in [1.54, 1.807) is 31.4 Å². The minimum atomic E-state index is -0.465. The number of hydrogen-bond acceptors (Lipinski definition) is 6. The molecular formula is C21H22N4O3. The number of carbonyl (C=O) groups is 1. The molecule has 0 saturated heterocycles.